The minimum absolute atomic E-state index is 0.0931. The van der Waals surface area contributed by atoms with E-state index in [0.717, 1.165) is 43.5 Å². The van der Waals surface area contributed by atoms with Crippen molar-refractivity contribution in [1.29, 1.82) is 0 Å². The first-order valence-corrected chi connectivity index (χ1v) is 13.0. The fourth-order valence-corrected chi connectivity index (χ4v) is 5.17. The molecule has 1 atom stereocenters. The number of aromatic nitrogens is 2. The molecule has 0 bridgehead atoms. The number of carbonyl (C=O) groups is 2. The largest absolute Gasteiger partial charge is 0.351 e. The Hall–Kier alpha value is -2.63. The summed E-state index contributed by atoms with van der Waals surface area (Å²) in [5.41, 5.74) is 2.11. The van der Waals surface area contributed by atoms with Crippen molar-refractivity contribution < 1.29 is 9.59 Å². The van der Waals surface area contributed by atoms with Crippen molar-refractivity contribution >= 4 is 17.5 Å². The lowest BCUT2D eigenvalue weighted by atomic mass is 9.90. The lowest BCUT2D eigenvalue weighted by Crippen LogP contribution is -2.65. The molecule has 2 aromatic rings. The number of aryl methyl sites for hydroxylation is 1. The summed E-state index contributed by atoms with van der Waals surface area (Å²) in [6.07, 6.45) is 8.95. The molecular formula is C28H40N4O2. The van der Waals surface area contributed by atoms with Crippen LogP contribution < -0.4 is 10.2 Å². The van der Waals surface area contributed by atoms with Crippen LogP contribution in [-0.2, 0) is 23.2 Å². The van der Waals surface area contributed by atoms with Crippen molar-refractivity contribution in [1.82, 2.24) is 15.1 Å². The Balaban J connectivity index is 1.72. The normalized spacial score (nSPS) is 22.1. The van der Waals surface area contributed by atoms with Crippen LogP contribution in [0.5, 0.6) is 0 Å². The second kappa shape index (κ2) is 9.55. The zero-order valence-corrected chi connectivity index (χ0v) is 21.5. The van der Waals surface area contributed by atoms with Crippen molar-refractivity contribution in [2.24, 2.45) is 0 Å². The van der Waals surface area contributed by atoms with Gasteiger partial charge in [-0.2, -0.15) is 5.10 Å². The van der Waals surface area contributed by atoms with Crippen LogP contribution in [-0.4, -0.2) is 33.2 Å². The molecule has 184 valence electrons. The maximum Gasteiger partial charge on any atom is 0.277 e. The number of carbonyl (C=O) groups excluding carboxylic acids is 2. The number of anilines is 1. The van der Waals surface area contributed by atoms with Crippen LogP contribution in [0.1, 0.15) is 101 Å². The summed E-state index contributed by atoms with van der Waals surface area (Å²) in [5.74, 6) is -0.265. The minimum Gasteiger partial charge on any atom is -0.351 e. The van der Waals surface area contributed by atoms with Crippen LogP contribution in [0, 0.1) is 0 Å². The number of nitrogens with zero attached hydrogens (tertiary/aromatic N) is 3. The molecule has 1 aromatic carbocycles. The summed E-state index contributed by atoms with van der Waals surface area (Å²) in [6.45, 7) is 10.6. The highest BCUT2D eigenvalue weighted by Gasteiger charge is 2.49. The highest BCUT2D eigenvalue weighted by Crippen LogP contribution is 2.35. The number of benzene rings is 1. The molecule has 0 saturated heterocycles. The van der Waals surface area contributed by atoms with Gasteiger partial charge in [0.1, 0.15) is 11.2 Å². The number of rotatable bonds is 4. The summed E-state index contributed by atoms with van der Waals surface area (Å²) < 4.78 is 1.75. The van der Waals surface area contributed by atoms with Crippen LogP contribution in [0.2, 0.25) is 0 Å². The Morgan fingerprint density at radius 3 is 2.29 bits per heavy atom. The van der Waals surface area contributed by atoms with Gasteiger partial charge in [0.05, 0.1) is 12.2 Å². The second-order valence-electron chi connectivity index (χ2n) is 11.3. The van der Waals surface area contributed by atoms with Crippen molar-refractivity contribution in [2.75, 3.05) is 4.90 Å². The molecule has 34 heavy (non-hydrogen) atoms. The molecule has 0 unspecified atom stereocenters. The van der Waals surface area contributed by atoms with Gasteiger partial charge in [-0.1, -0.05) is 71.9 Å². The van der Waals surface area contributed by atoms with Crippen molar-refractivity contribution in [3.63, 3.8) is 0 Å². The third kappa shape index (κ3) is 4.77. The van der Waals surface area contributed by atoms with Gasteiger partial charge in [0.2, 0.25) is 5.91 Å². The van der Waals surface area contributed by atoms with E-state index in [0.29, 0.717) is 12.2 Å². The molecule has 0 spiro atoms. The first-order valence-electron chi connectivity index (χ1n) is 13.0. The van der Waals surface area contributed by atoms with Crippen molar-refractivity contribution in [2.45, 2.75) is 110 Å². The van der Waals surface area contributed by atoms with E-state index < -0.39 is 5.54 Å². The van der Waals surface area contributed by atoms with Gasteiger partial charge in [0.15, 0.2) is 0 Å². The Morgan fingerprint density at radius 2 is 1.71 bits per heavy atom. The summed E-state index contributed by atoms with van der Waals surface area (Å²) in [4.78, 5) is 29.5. The van der Waals surface area contributed by atoms with Crippen molar-refractivity contribution in [3.05, 3.63) is 47.3 Å². The van der Waals surface area contributed by atoms with Crippen LogP contribution >= 0.6 is 0 Å². The zero-order chi connectivity index (χ0) is 24.5. The summed E-state index contributed by atoms with van der Waals surface area (Å²) in [6, 6.07) is 10.1. The third-order valence-electron chi connectivity index (χ3n) is 7.45. The predicted molar refractivity (Wildman–Crippen MR) is 136 cm³/mol. The first-order chi connectivity index (χ1) is 16.1. The molecule has 1 N–H and O–H groups in total. The molecule has 1 fully saturated rings. The molecule has 2 amide bonds. The molecule has 4 rings (SSSR count). The standard InChI is InChI=1S/C28H40N4O2/c1-6-20-14-16-22(17-15-20)32-25(33)23-18-24(27(2,3)4)30-31(23)19-28(32,5)26(34)29-21-12-10-8-7-9-11-13-21/h14-18,21H,6-13,19H2,1-5H3,(H,29,34)/t28-/m1/s1. The molecule has 1 aliphatic carbocycles. The van der Waals surface area contributed by atoms with Gasteiger partial charge in [-0.3, -0.25) is 19.2 Å². The lowest BCUT2D eigenvalue weighted by Gasteiger charge is -2.44. The predicted octanol–water partition coefficient (Wildman–Crippen LogP) is 5.39. The smallest absolute Gasteiger partial charge is 0.277 e. The maximum atomic E-state index is 13.9. The Kier molecular flexibility index (Phi) is 6.88. The van der Waals surface area contributed by atoms with Gasteiger partial charge in [-0.15, -0.1) is 0 Å². The second-order valence-corrected chi connectivity index (χ2v) is 11.3. The summed E-state index contributed by atoms with van der Waals surface area (Å²) in [5, 5.41) is 8.10. The molecule has 0 radical (unpaired) electrons. The van der Waals surface area contributed by atoms with Crippen LogP contribution in [0.3, 0.4) is 0 Å². The van der Waals surface area contributed by atoms with Crippen LogP contribution in [0.15, 0.2) is 30.3 Å². The van der Waals surface area contributed by atoms with Gasteiger partial charge in [0.25, 0.3) is 5.91 Å². The van der Waals surface area contributed by atoms with E-state index in [9.17, 15) is 9.59 Å². The van der Waals surface area contributed by atoms with Crippen LogP contribution in [0.25, 0.3) is 0 Å². The molecule has 1 saturated carbocycles. The van der Waals surface area contributed by atoms with Gasteiger partial charge in [-0.05, 0) is 49.9 Å². The lowest BCUT2D eigenvalue weighted by molar-refractivity contribution is -0.127. The Labute approximate surface area is 204 Å². The topological polar surface area (TPSA) is 67.2 Å². The maximum absolute atomic E-state index is 13.9. The molecule has 2 aliphatic rings. The zero-order valence-electron chi connectivity index (χ0n) is 21.5. The van der Waals surface area contributed by atoms with Crippen LogP contribution in [0.4, 0.5) is 5.69 Å². The number of amides is 2. The quantitative estimate of drug-likeness (QED) is 0.660. The van der Waals surface area contributed by atoms with Gasteiger partial charge >= 0.3 is 0 Å². The van der Waals surface area contributed by atoms with E-state index in [2.05, 4.69) is 33.0 Å². The summed E-state index contributed by atoms with van der Waals surface area (Å²) >= 11 is 0. The fraction of sp³-hybridized carbons (Fsp3) is 0.607. The monoisotopic (exact) mass is 464 g/mol. The van der Waals surface area contributed by atoms with Gasteiger partial charge in [0, 0.05) is 17.1 Å². The van der Waals surface area contributed by atoms with E-state index in [1.807, 2.05) is 37.3 Å². The number of hydrogen-bond acceptors (Lipinski definition) is 3. The van der Waals surface area contributed by atoms with Crippen molar-refractivity contribution in [3.8, 4) is 0 Å². The van der Waals surface area contributed by atoms with E-state index in [1.54, 1.807) is 9.58 Å². The molecule has 6 nitrogen and oxygen atoms in total. The average Bonchev–Trinajstić information content (AvgIpc) is 3.20. The number of fused-ring (bicyclic) bond motifs is 1. The molecular weight excluding hydrogens is 424 g/mol. The first kappa shape index (κ1) is 24.5. The fourth-order valence-electron chi connectivity index (χ4n) is 5.17. The highest BCUT2D eigenvalue weighted by molar-refractivity contribution is 6.11. The minimum atomic E-state index is -1.07. The van der Waals surface area contributed by atoms with E-state index in [1.165, 1.54) is 24.8 Å². The van der Waals surface area contributed by atoms with E-state index in [4.69, 9.17) is 5.10 Å². The number of nitrogens with one attached hydrogen (secondary N) is 1. The highest BCUT2D eigenvalue weighted by atomic mass is 16.2. The Bertz CT molecular complexity index is 1030. The molecule has 1 aromatic heterocycles. The summed E-state index contributed by atoms with van der Waals surface area (Å²) in [7, 11) is 0. The molecule has 1 aliphatic heterocycles. The molecule has 2 heterocycles. The number of hydrogen-bond donors (Lipinski definition) is 1. The molecule has 6 heteroatoms. The SMILES string of the molecule is CCc1ccc(N2C(=O)c3cc(C(C)(C)C)nn3C[C@]2(C)C(=O)NC2CCCCCCC2)cc1. The van der Waals surface area contributed by atoms with Gasteiger partial charge < -0.3 is 5.32 Å². The third-order valence-corrected chi connectivity index (χ3v) is 7.45. The van der Waals surface area contributed by atoms with E-state index in [-0.39, 0.29) is 23.3 Å². The van der Waals surface area contributed by atoms with Gasteiger partial charge in [-0.25, -0.2) is 0 Å². The van der Waals surface area contributed by atoms with E-state index >= 15 is 0 Å². The average molecular weight is 465 g/mol. The Morgan fingerprint density at radius 1 is 1.09 bits per heavy atom.